The average molecular weight is 258 g/mol. The standard InChI is InChI=1S/C15H18N2O2/c1-9-14(10(2)19-17-9)8-18-12-4-5-13-11(7-12)3-6-15(13)16/h4-5,7,15H,3,6,8,16H2,1-2H3. The number of nitrogens with zero attached hydrogens (tertiary/aromatic N) is 1. The Hall–Kier alpha value is -1.81. The van der Waals surface area contributed by atoms with E-state index in [1.54, 1.807) is 0 Å². The van der Waals surface area contributed by atoms with Crippen molar-refractivity contribution in [2.24, 2.45) is 5.73 Å². The van der Waals surface area contributed by atoms with Crippen LogP contribution in [-0.4, -0.2) is 5.16 Å². The number of hydrogen-bond acceptors (Lipinski definition) is 4. The Labute approximate surface area is 112 Å². The molecule has 1 aromatic carbocycles. The number of aryl methyl sites for hydroxylation is 3. The van der Waals surface area contributed by atoms with Crippen LogP contribution < -0.4 is 10.5 Å². The van der Waals surface area contributed by atoms with Crippen LogP contribution >= 0.6 is 0 Å². The van der Waals surface area contributed by atoms with Crippen LogP contribution in [0.3, 0.4) is 0 Å². The molecule has 0 amide bonds. The molecule has 0 fully saturated rings. The number of benzene rings is 1. The van der Waals surface area contributed by atoms with Crippen molar-refractivity contribution in [3.63, 3.8) is 0 Å². The zero-order valence-electron chi connectivity index (χ0n) is 11.3. The summed E-state index contributed by atoms with van der Waals surface area (Å²) in [6.07, 6.45) is 2.07. The van der Waals surface area contributed by atoms with Gasteiger partial charge in [0, 0.05) is 6.04 Å². The van der Waals surface area contributed by atoms with Crippen molar-refractivity contribution in [2.45, 2.75) is 39.3 Å². The molecule has 1 aliphatic rings. The van der Waals surface area contributed by atoms with E-state index in [0.29, 0.717) is 6.61 Å². The largest absolute Gasteiger partial charge is 0.489 e. The molecule has 2 N–H and O–H groups in total. The molecule has 0 bridgehead atoms. The first-order valence-corrected chi connectivity index (χ1v) is 6.58. The summed E-state index contributed by atoms with van der Waals surface area (Å²) in [4.78, 5) is 0. The Kier molecular flexibility index (Phi) is 3.03. The van der Waals surface area contributed by atoms with Gasteiger partial charge in [0.2, 0.25) is 0 Å². The average Bonchev–Trinajstić information content (AvgIpc) is 2.92. The van der Waals surface area contributed by atoms with Crippen LogP contribution in [0.2, 0.25) is 0 Å². The second kappa shape index (κ2) is 4.70. The molecule has 0 radical (unpaired) electrons. The zero-order valence-corrected chi connectivity index (χ0v) is 11.3. The summed E-state index contributed by atoms with van der Waals surface area (Å²) in [6.45, 7) is 4.32. The Morgan fingerprint density at radius 1 is 1.42 bits per heavy atom. The van der Waals surface area contributed by atoms with Crippen molar-refractivity contribution in [3.05, 3.63) is 46.3 Å². The number of ether oxygens (including phenoxy) is 1. The van der Waals surface area contributed by atoms with E-state index in [4.69, 9.17) is 15.0 Å². The zero-order chi connectivity index (χ0) is 13.4. The molecule has 4 nitrogen and oxygen atoms in total. The van der Waals surface area contributed by atoms with Crippen LogP contribution in [0.5, 0.6) is 5.75 Å². The molecule has 0 spiro atoms. The first-order chi connectivity index (χ1) is 9.15. The summed E-state index contributed by atoms with van der Waals surface area (Å²) in [5.41, 5.74) is 10.5. The Morgan fingerprint density at radius 2 is 2.26 bits per heavy atom. The maximum Gasteiger partial charge on any atom is 0.140 e. The summed E-state index contributed by atoms with van der Waals surface area (Å²) in [7, 11) is 0. The molecule has 1 heterocycles. The van der Waals surface area contributed by atoms with Crippen molar-refractivity contribution in [2.75, 3.05) is 0 Å². The summed E-state index contributed by atoms with van der Waals surface area (Å²) >= 11 is 0. The Morgan fingerprint density at radius 3 is 3.00 bits per heavy atom. The van der Waals surface area contributed by atoms with Crippen LogP contribution in [0.1, 0.15) is 40.6 Å². The van der Waals surface area contributed by atoms with Gasteiger partial charge in [-0.25, -0.2) is 0 Å². The Balaban J connectivity index is 1.75. The third kappa shape index (κ3) is 2.24. The van der Waals surface area contributed by atoms with E-state index in [9.17, 15) is 0 Å². The summed E-state index contributed by atoms with van der Waals surface area (Å²) < 4.78 is 11.0. The highest BCUT2D eigenvalue weighted by Crippen LogP contribution is 2.32. The molecule has 0 aliphatic heterocycles. The Bertz CT molecular complexity index is 585. The first kappa shape index (κ1) is 12.2. The minimum absolute atomic E-state index is 0.187. The molecule has 1 atom stereocenters. The third-order valence-electron chi connectivity index (χ3n) is 3.80. The van der Waals surface area contributed by atoms with Gasteiger partial charge in [-0.05, 0) is 49.9 Å². The number of nitrogens with two attached hydrogens (primary N) is 1. The summed E-state index contributed by atoms with van der Waals surface area (Å²) in [6, 6.07) is 6.35. The van der Waals surface area contributed by atoms with Crippen molar-refractivity contribution < 1.29 is 9.26 Å². The van der Waals surface area contributed by atoms with E-state index in [2.05, 4.69) is 17.3 Å². The van der Waals surface area contributed by atoms with Crippen molar-refractivity contribution in [1.29, 1.82) is 0 Å². The molecule has 3 rings (SSSR count). The summed E-state index contributed by atoms with van der Waals surface area (Å²) in [5, 5.41) is 3.92. The second-order valence-electron chi connectivity index (χ2n) is 5.10. The molecule has 19 heavy (non-hydrogen) atoms. The van der Waals surface area contributed by atoms with Gasteiger partial charge in [-0.1, -0.05) is 11.2 Å². The van der Waals surface area contributed by atoms with E-state index in [0.717, 1.165) is 35.6 Å². The highest BCUT2D eigenvalue weighted by molar-refractivity contribution is 5.40. The lowest BCUT2D eigenvalue weighted by Crippen LogP contribution is -2.05. The van der Waals surface area contributed by atoms with E-state index >= 15 is 0 Å². The molecule has 100 valence electrons. The molecule has 4 heteroatoms. The molecule has 1 aliphatic carbocycles. The predicted molar refractivity (Wildman–Crippen MR) is 72.0 cm³/mol. The quantitative estimate of drug-likeness (QED) is 0.919. The number of rotatable bonds is 3. The van der Waals surface area contributed by atoms with Crippen molar-refractivity contribution in [3.8, 4) is 5.75 Å². The molecular formula is C15H18N2O2. The van der Waals surface area contributed by atoms with Crippen LogP contribution in [-0.2, 0) is 13.0 Å². The van der Waals surface area contributed by atoms with E-state index < -0.39 is 0 Å². The maximum absolute atomic E-state index is 6.03. The fourth-order valence-electron chi connectivity index (χ4n) is 2.58. The van der Waals surface area contributed by atoms with Gasteiger partial charge >= 0.3 is 0 Å². The lowest BCUT2D eigenvalue weighted by molar-refractivity contribution is 0.301. The van der Waals surface area contributed by atoms with Crippen LogP contribution in [0.25, 0.3) is 0 Å². The molecule has 0 saturated heterocycles. The van der Waals surface area contributed by atoms with Gasteiger partial charge in [0.1, 0.15) is 18.1 Å². The highest BCUT2D eigenvalue weighted by atomic mass is 16.5. The van der Waals surface area contributed by atoms with Crippen molar-refractivity contribution >= 4 is 0 Å². The van der Waals surface area contributed by atoms with E-state index in [1.807, 2.05) is 19.9 Å². The van der Waals surface area contributed by atoms with Gasteiger partial charge in [-0.2, -0.15) is 0 Å². The van der Waals surface area contributed by atoms with Gasteiger partial charge in [0.25, 0.3) is 0 Å². The fraction of sp³-hybridized carbons (Fsp3) is 0.400. The van der Waals surface area contributed by atoms with Crippen LogP contribution in [0.4, 0.5) is 0 Å². The van der Waals surface area contributed by atoms with Crippen LogP contribution in [0, 0.1) is 13.8 Å². The molecular weight excluding hydrogens is 240 g/mol. The number of hydrogen-bond donors (Lipinski definition) is 1. The second-order valence-corrected chi connectivity index (χ2v) is 5.10. The fourth-order valence-corrected chi connectivity index (χ4v) is 2.58. The SMILES string of the molecule is Cc1noc(C)c1COc1ccc2c(c1)CCC2N. The number of aromatic nitrogens is 1. The summed E-state index contributed by atoms with van der Waals surface area (Å²) in [5.74, 6) is 1.70. The molecule has 0 saturated carbocycles. The minimum atomic E-state index is 0.187. The lowest BCUT2D eigenvalue weighted by atomic mass is 10.1. The smallest absolute Gasteiger partial charge is 0.140 e. The monoisotopic (exact) mass is 258 g/mol. The third-order valence-corrected chi connectivity index (χ3v) is 3.80. The normalized spacial score (nSPS) is 17.5. The minimum Gasteiger partial charge on any atom is -0.489 e. The van der Waals surface area contributed by atoms with Gasteiger partial charge in [-0.3, -0.25) is 0 Å². The highest BCUT2D eigenvalue weighted by Gasteiger charge is 2.19. The molecule has 1 aromatic heterocycles. The van der Waals surface area contributed by atoms with Gasteiger partial charge in [-0.15, -0.1) is 0 Å². The van der Waals surface area contributed by atoms with Crippen LogP contribution in [0.15, 0.2) is 22.7 Å². The van der Waals surface area contributed by atoms with Crippen molar-refractivity contribution in [1.82, 2.24) is 5.16 Å². The molecule has 2 aromatic rings. The van der Waals surface area contributed by atoms with Gasteiger partial charge in [0.15, 0.2) is 0 Å². The van der Waals surface area contributed by atoms with E-state index in [-0.39, 0.29) is 6.04 Å². The van der Waals surface area contributed by atoms with E-state index in [1.165, 1.54) is 11.1 Å². The lowest BCUT2D eigenvalue weighted by Gasteiger charge is -2.09. The molecule has 1 unspecified atom stereocenters. The number of fused-ring (bicyclic) bond motifs is 1. The maximum atomic E-state index is 6.03. The predicted octanol–water partition coefficient (Wildman–Crippen LogP) is 2.82. The first-order valence-electron chi connectivity index (χ1n) is 6.58. The topological polar surface area (TPSA) is 61.3 Å². The van der Waals surface area contributed by atoms with Gasteiger partial charge in [0.05, 0.1) is 11.3 Å². The van der Waals surface area contributed by atoms with Gasteiger partial charge < -0.3 is 15.0 Å².